The molecule has 15 heavy (non-hydrogen) atoms. The van der Waals surface area contributed by atoms with Gasteiger partial charge in [0.05, 0.1) is 12.6 Å². The molecule has 0 atom stereocenters. The van der Waals surface area contributed by atoms with Crippen LogP contribution >= 0.6 is 0 Å². The van der Waals surface area contributed by atoms with Gasteiger partial charge in [0, 0.05) is 0 Å². The number of hydrogen-bond acceptors (Lipinski definition) is 3. The number of nitrogens with zero attached hydrogens (tertiary/aromatic N) is 1. The number of H-pyrrole nitrogens is 1. The second kappa shape index (κ2) is 3.38. The first-order valence-corrected chi connectivity index (χ1v) is 4.15. The molecule has 2 rings (SSSR count). The molecule has 0 bridgehead atoms. The molecule has 74 valence electrons. The Balaban J connectivity index is 2.87. The third-order valence-electron chi connectivity index (χ3n) is 2.00. The lowest BCUT2D eigenvalue weighted by Gasteiger charge is -2.03. The first-order valence-electron chi connectivity index (χ1n) is 4.15. The lowest BCUT2D eigenvalue weighted by Crippen LogP contribution is -2.16. The molecule has 2 aromatic rings. The van der Waals surface area contributed by atoms with E-state index in [1.807, 2.05) is 0 Å². The normalized spacial score (nSPS) is 10.5. The van der Waals surface area contributed by atoms with Crippen molar-refractivity contribution in [1.29, 1.82) is 0 Å². The Morgan fingerprint density at radius 2 is 2.27 bits per heavy atom. The van der Waals surface area contributed by atoms with Crippen molar-refractivity contribution in [3.8, 4) is 5.88 Å². The summed E-state index contributed by atoms with van der Waals surface area (Å²) in [5.41, 5.74) is -0.349. The smallest absolute Gasteiger partial charge is 0.311 e. The van der Waals surface area contributed by atoms with Crippen molar-refractivity contribution in [2.24, 2.45) is 0 Å². The lowest BCUT2D eigenvalue weighted by atomic mass is 9.95. The van der Waals surface area contributed by atoms with Crippen molar-refractivity contribution in [2.75, 3.05) is 7.11 Å². The minimum Gasteiger partial charge on any atom is -0.477 e. The monoisotopic (exact) mass is 204 g/mol. The summed E-state index contributed by atoms with van der Waals surface area (Å²) in [5.74, 6) is -0.786. The molecule has 0 spiro atoms. The van der Waals surface area contributed by atoms with Crippen molar-refractivity contribution in [2.45, 2.75) is 0 Å². The van der Waals surface area contributed by atoms with Crippen LogP contribution in [0.3, 0.4) is 0 Å². The Morgan fingerprint density at radius 1 is 1.53 bits per heavy atom. The fourth-order valence-corrected chi connectivity index (χ4v) is 1.26. The minimum atomic E-state index is -0.681. The summed E-state index contributed by atoms with van der Waals surface area (Å²) in [5, 5.41) is 0. The predicted molar refractivity (Wildman–Crippen MR) is 54.3 cm³/mol. The number of nitrogens with one attached hydrogen (secondary N) is 1. The van der Waals surface area contributed by atoms with Crippen molar-refractivity contribution in [3.05, 3.63) is 28.3 Å². The number of benzene rings is 1. The molecule has 0 unspecified atom stereocenters. The highest BCUT2D eigenvalue weighted by Gasteiger charge is 2.09. The van der Waals surface area contributed by atoms with Crippen LogP contribution in [0.5, 0.6) is 5.88 Å². The third kappa shape index (κ3) is 1.47. The number of hydrogen-bond donors (Lipinski definition) is 1. The highest BCUT2D eigenvalue weighted by atomic mass is 19.1. The van der Waals surface area contributed by atoms with Crippen LogP contribution in [0.15, 0.2) is 16.9 Å². The van der Waals surface area contributed by atoms with Gasteiger partial charge >= 0.3 is 5.56 Å². The van der Waals surface area contributed by atoms with Gasteiger partial charge < -0.3 is 9.72 Å². The molecule has 6 heteroatoms. The van der Waals surface area contributed by atoms with Crippen molar-refractivity contribution in [3.63, 3.8) is 0 Å². The maximum atomic E-state index is 13.4. The Morgan fingerprint density at radius 3 is 2.93 bits per heavy atom. The molecule has 0 amide bonds. The lowest BCUT2D eigenvalue weighted by molar-refractivity contribution is 0.393. The van der Waals surface area contributed by atoms with E-state index >= 15 is 0 Å². The molecular weight excluding hydrogens is 198 g/mol. The van der Waals surface area contributed by atoms with Gasteiger partial charge in [-0.25, -0.2) is 9.37 Å². The molecule has 0 aliphatic rings. The molecular formula is C9H6BFN2O2. The van der Waals surface area contributed by atoms with E-state index in [0.717, 1.165) is 0 Å². The van der Waals surface area contributed by atoms with Crippen molar-refractivity contribution < 1.29 is 9.13 Å². The highest BCUT2D eigenvalue weighted by Crippen LogP contribution is 2.11. The molecule has 1 aromatic heterocycles. The Kier molecular flexibility index (Phi) is 2.19. The maximum Gasteiger partial charge on any atom is 0.311 e. The molecule has 4 nitrogen and oxygen atoms in total. The summed E-state index contributed by atoms with van der Waals surface area (Å²) in [6, 6.07) is 2.88. The third-order valence-corrected chi connectivity index (χ3v) is 2.00. The molecule has 0 saturated carbocycles. The van der Waals surface area contributed by atoms with Gasteiger partial charge in [-0.15, -0.1) is 0 Å². The minimum absolute atomic E-state index is 0.0131. The van der Waals surface area contributed by atoms with E-state index in [4.69, 9.17) is 12.6 Å². The Hall–Kier alpha value is -1.85. The zero-order valence-electron chi connectivity index (χ0n) is 7.87. The molecule has 1 N–H and O–H groups in total. The highest BCUT2D eigenvalue weighted by molar-refractivity contribution is 6.33. The molecule has 2 radical (unpaired) electrons. The topological polar surface area (TPSA) is 55.0 Å². The van der Waals surface area contributed by atoms with Crippen LogP contribution in [0.4, 0.5) is 4.39 Å². The van der Waals surface area contributed by atoms with E-state index < -0.39 is 11.4 Å². The van der Waals surface area contributed by atoms with E-state index in [1.54, 1.807) is 0 Å². The van der Waals surface area contributed by atoms with Gasteiger partial charge in [-0.3, -0.25) is 4.79 Å². The zero-order valence-corrected chi connectivity index (χ0v) is 7.87. The van der Waals surface area contributed by atoms with Gasteiger partial charge in [0.15, 0.2) is 0 Å². The first kappa shape index (κ1) is 9.70. The van der Waals surface area contributed by atoms with Gasteiger partial charge in [-0.05, 0) is 6.07 Å². The predicted octanol–water partition coefficient (Wildman–Crippen LogP) is -0.135. The quantitative estimate of drug-likeness (QED) is 0.658. The SMILES string of the molecule is [B]c1ccc2nc(OC)c(=O)[nH]c2c1F. The van der Waals surface area contributed by atoms with E-state index in [2.05, 4.69) is 9.97 Å². The number of ether oxygens (including phenoxy) is 1. The summed E-state index contributed by atoms with van der Waals surface area (Å²) >= 11 is 0. The second-order valence-corrected chi connectivity index (χ2v) is 2.94. The standard InChI is InChI=1S/C9H6BFN2O2/c1-15-9-8(14)13-7-5(12-9)3-2-4(10)6(7)11/h2-3H,1H3,(H,13,14). The molecule has 0 saturated heterocycles. The first-order chi connectivity index (χ1) is 7.13. The van der Waals surface area contributed by atoms with Gasteiger partial charge in [-0.2, -0.15) is 0 Å². The van der Waals surface area contributed by atoms with Crippen molar-refractivity contribution >= 4 is 24.3 Å². The average molecular weight is 204 g/mol. The summed E-state index contributed by atoms with van der Waals surface area (Å²) < 4.78 is 18.2. The average Bonchev–Trinajstić information content (AvgIpc) is 2.24. The van der Waals surface area contributed by atoms with E-state index in [1.165, 1.54) is 19.2 Å². The van der Waals surface area contributed by atoms with Gasteiger partial charge in [0.2, 0.25) is 0 Å². The van der Waals surface area contributed by atoms with Crippen molar-refractivity contribution in [1.82, 2.24) is 9.97 Å². The second-order valence-electron chi connectivity index (χ2n) is 2.94. The van der Waals surface area contributed by atoms with Crippen LogP contribution in [-0.2, 0) is 0 Å². The van der Waals surface area contributed by atoms with E-state index in [-0.39, 0.29) is 22.4 Å². The molecule has 1 aromatic carbocycles. The van der Waals surface area contributed by atoms with Gasteiger partial charge in [-0.1, -0.05) is 11.5 Å². The summed E-state index contributed by atoms with van der Waals surface area (Å²) in [6.07, 6.45) is 0. The van der Waals surface area contributed by atoms with Crippen LogP contribution < -0.4 is 15.8 Å². The number of rotatable bonds is 1. The summed E-state index contributed by atoms with van der Waals surface area (Å²) in [6.45, 7) is 0. The van der Waals surface area contributed by atoms with E-state index in [9.17, 15) is 9.18 Å². The van der Waals surface area contributed by atoms with Crippen LogP contribution in [-0.4, -0.2) is 24.9 Å². The Labute approximate surface area is 85.5 Å². The molecule has 0 fully saturated rings. The number of aromatic amines is 1. The van der Waals surface area contributed by atoms with Crippen LogP contribution in [0.1, 0.15) is 0 Å². The van der Waals surface area contributed by atoms with Gasteiger partial charge in [0.1, 0.15) is 19.2 Å². The van der Waals surface area contributed by atoms with E-state index in [0.29, 0.717) is 0 Å². The number of aromatic nitrogens is 2. The number of methoxy groups -OCH3 is 1. The van der Waals surface area contributed by atoms with Crippen LogP contribution in [0, 0.1) is 5.82 Å². The molecule has 0 aliphatic carbocycles. The molecule has 1 heterocycles. The van der Waals surface area contributed by atoms with Gasteiger partial charge in [0.25, 0.3) is 5.88 Å². The fraction of sp³-hybridized carbons (Fsp3) is 0.111. The number of fused-ring (bicyclic) bond motifs is 1. The maximum absolute atomic E-state index is 13.4. The van der Waals surface area contributed by atoms with Crippen LogP contribution in [0.2, 0.25) is 0 Å². The summed E-state index contributed by atoms with van der Waals surface area (Å²) in [4.78, 5) is 17.4. The fourth-order valence-electron chi connectivity index (χ4n) is 1.26. The zero-order chi connectivity index (χ0) is 11.0. The Bertz CT molecular complexity index is 582. The van der Waals surface area contributed by atoms with Crippen LogP contribution in [0.25, 0.3) is 11.0 Å². The number of halogens is 1. The molecule has 0 aliphatic heterocycles. The summed E-state index contributed by atoms with van der Waals surface area (Å²) in [7, 11) is 6.67. The largest absolute Gasteiger partial charge is 0.477 e.